The van der Waals surface area contributed by atoms with Crippen LogP contribution in [0.2, 0.25) is 5.02 Å². The summed E-state index contributed by atoms with van der Waals surface area (Å²) in [7, 11) is 0. The minimum Gasteiger partial charge on any atom is -0.288 e. The molecule has 0 radical (unpaired) electrons. The van der Waals surface area contributed by atoms with E-state index in [0.29, 0.717) is 5.56 Å². The number of ketones is 1. The van der Waals surface area contributed by atoms with E-state index in [4.69, 9.17) is 11.6 Å². The number of hydrogen-bond acceptors (Lipinski definition) is 2. The van der Waals surface area contributed by atoms with Crippen LogP contribution in [0.4, 0.5) is 4.39 Å². The van der Waals surface area contributed by atoms with Crippen molar-refractivity contribution in [1.82, 2.24) is 4.98 Å². The third-order valence-corrected chi connectivity index (χ3v) is 2.68. The predicted molar refractivity (Wildman–Crippen MR) is 63.8 cm³/mol. The van der Waals surface area contributed by atoms with Crippen molar-refractivity contribution in [2.45, 2.75) is 6.92 Å². The summed E-state index contributed by atoms with van der Waals surface area (Å²) < 4.78 is 13.1. The fraction of sp³-hybridized carbons (Fsp3) is 0.0769. The van der Waals surface area contributed by atoms with Gasteiger partial charge in [-0.15, -0.1) is 0 Å². The van der Waals surface area contributed by atoms with Crippen molar-refractivity contribution < 1.29 is 9.18 Å². The van der Waals surface area contributed by atoms with E-state index in [-0.39, 0.29) is 16.4 Å². The molecule has 86 valence electrons. The van der Waals surface area contributed by atoms with Gasteiger partial charge < -0.3 is 0 Å². The number of hydrogen-bond donors (Lipinski definition) is 0. The molecule has 17 heavy (non-hydrogen) atoms. The summed E-state index contributed by atoms with van der Waals surface area (Å²) in [6.07, 6.45) is 1.46. The number of halogens is 2. The zero-order valence-corrected chi connectivity index (χ0v) is 9.83. The van der Waals surface area contributed by atoms with Crippen molar-refractivity contribution in [3.05, 3.63) is 64.2 Å². The van der Waals surface area contributed by atoms with Crippen molar-refractivity contribution in [1.29, 1.82) is 0 Å². The Hall–Kier alpha value is -1.74. The number of carbonyl (C=O) groups is 1. The van der Waals surface area contributed by atoms with E-state index in [1.165, 1.54) is 18.3 Å². The average molecular weight is 250 g/mol. The van der Waals surface area contributed by atoms with Crippen molar-refractivity contribution >= 4 is 17.4 Å². The lowest BCUT2D eigenvalue weighted by atomic mass is 10.0. The van der Waals surface area contributed by atoms with Crippen molar-refractivity contribution in [3.63, 3.8) is 0 Å². The summed E-state index contributed by atoms with van der Waals surface area (Å²) in [4.78, 5) is 16.1. The molecule has 0 unspecified atom stereocenters. The van der Waals surface area contributed by atoms with E-state index < -0.39 is 5.82 Å². The Kier molecular flexibility index (Phi) is 3.20. The van der Waals surface area contributed by atoms with Crippen LogP contribution in [0.15, 0.2) is 36.5 Å². The number of aryl methyl sites for hydroxylation is 1. The highest BCUT2D eigenvalue weighted by molar-refractivity contribution is 6.34. The molecule has 1 heterocycles. The Bertz CT molecular complexity index is 566. The van der Waals surface area contributed by atoms with E-state index in [9.17, 15) is 9.18 Å². The van der Waals surface area contributed by atoms with Crippen LogP contribution < -0.4 is 0 Å². The molecule has 0 N–H and O–H groups in total. The van der Waals surface area contributed by atoms with Gasteiger partial charge in [0.05, 0.1) is 5.02 Å². The zero-order chi connectivity index (χ0) is 12.4. The van der Waals surface area contributed by atoms with E-state index in [0.717, 1.165) is 11.8 Å². The fourth-order valence-electron chi connectivity index (χ4n) is 1.43. The van der Waals surface area contributed by atoms with Gasteiger partial charge in [0.15, 0.2) is 5.78 Å². The molecule has 4 heteroatoms. The molecule has 1 aromatic carbocycles. The summed E-state index contributed by atoms with van der Waals surface area (Å²) >= 11 is 5.86. The highest BCUT2D eigenvalue weighted by Gasteiger charge is 2.13. The molecular formula is C13H9ClFNO. The van der Waals surface area contributed by atoms with Gasteiger partial charge in [-0.05, 0) is 37.3 Å². The summed E-state index contributed by atoms with van der Waals surface area (Å²) in [6, 6.07) is 7.08. The molecular weight excluding hydrogens is 241 g/mol. The molecule has 0 fully saturated rings. The molecule has 2 rings (SSSR count). The zero-order valence-electron chi connectivity index (χ0n) is 9.08. The van der Waals surface area contributed by atoms with E-state index in [2.05, 4.69) is 4.98 Å². The lowest BCUT2D eigenvalue weighted by Gasteiger charge is -2.03. The molecule has 0 saturated carbocycles. The van der Waals surface area contributed by atoms with Crippen LogP contribution in [-0.4, -0.2) is 10.8 Å². The Balaban J connectivity index is 2.43. The van der Waals surface area contributed by atoms with Crippen LogP contribution in [0.1, 0.15) is 21.6 Å². The van der Waals surface area contributed by atoms with Crippen LogP contribution in [0.3, 0.4) is 0 Å². The normalized spacial score (nSPS) is 10.3. The van der Waals surface area contributed by atoms with Gasteiger partial charge in [-0.3, -0.25) is 9.78 Å². The van der Waals surface area contributed by atoms with Gasteiger partial charge in [0, 0.05) is 23.0 Å². The molecule has 2 nitrogen and oxygen atoms in total. The molecule has 0 spiro atoms. The SMILES string of the molecule is Cc1ccc(C(=O)c2cc(F)ccc2Cl)cn1. The van der Waals surface area contributed by atoms with Crippen LogP contribution in [0.25, 0.3) is 0 Å². The van der Waals surface area contributed by atoms with Gasteiger partial charge >= 0.3 is 0 Å². The number of carbonyl (C=O) groups excluding carboxylic acids is 1. The first-order chi connectivity index (χ1) is 8.08. The van der Waals surface area contributed by atoms with Crippen molar-refractivity contribution in [2.24, 2.45) is 0 Å². The third-order valence-electron chi connectivity index (χ3n) is 2.35. The average Bonchev–Trinajstić information content (AvgIpc) is 2.32. The van der Waals surface area contributed by atoms with Crippen molar-refractivity contribution in [3.8, 4) is 0 Å². The number of benzene rings is 1. The van der Waals surface area contributed by atoms with Crippen LogP contribution in [0, 0.1) is 12.7 Å². The molecule has 1 aromatic heterocycles. The molecule has 0 aliphatic heterocycles. The third kappa shape index (κ3) is 2.50. The number of pyridine rings is 1. The topological polar surface area (TPSA) is 30.0 Å². The summed E-state index contributed by atoms with van der Waals surface area (Å²) in [6.45, 7) is 1.82. The maximum atomic E-state index is 13.1. The van der Waals surface area contributed by atoms with Gasteiger partial charge in [0.25, 0.3) is 0 Å². The van der Waals surface area contributed by atoms with Crippen molar-refractivity contribution in [2.75, 3.05) is 0 Å². The first-order valence-electron chi connectivity index (χ1n) is 5.00. The standard InChI is InChI=1S/C13H9ClFNO/c1-8-2-3-9(7-16-8)13(17)11-6-10(15)4-5-12(11)14/h2-7H,1H3. The predicted octanol–water partition coefficient (Wildman–Crippen LogP) is 3.41. The Morgan fingerprint density at radius 1 is 1.29 bits per heavy atom. The quantitative estimate of drug-likeness (QED) is 0.764. The van der Waals surface area contributed by atoms with Crippen LogP contribution in [-0.2, 0) is 0 Å². The molecule has 0 bridgehead atoms. The number of rotatable bonds is 2. The second-order valence-corrected chi connectivity index (χ2v) is 4.05. The van der Waals surface area contributed by atoms with E-state index in [1.54, 1.807) is 12.1 Å². The Labute approximate surface area is 103 Å². The smallest absolute Gasteiger partial charge is 0.196 e. The minimum atomic E-state index is -0.488. The lowest BCUT2D eigenvalue weighted by molar-refractivity contribution is 0.103. The van der Waals surface area contributed by atoms with Gasteiger partial charge in [-0.25, -0.2) is 4.39 Å². The summed E-state index contributed by atoms with van der Waals surface area (Å²) in [5, 5.41) is 0.233. The number of aromatic nitrogens is 1. The van der Waals surface area contributed by atoms with Gasteiger partial charge in [0.2, 0.25) is 0 Å². The summed E-state index contributed by atoms with van der Waals surface area (Å²) in [5.74, 6) is -0.820. The Morgan fingerprint density at radius 3 is 2.71 bits per heavy atom. The highest BCUT2D eigenvalue weighted by atomic mass is 35.5. The van der Waals surface area contributed by atoms with Gasteiger partial charge in [-0.1, -0.05) is 11.6 Å². The van der Waals surface area contributed by atoms with Crippen LogP contribution in [0.5, 0.6) is 0 Å². The monoisotopic (exact) mass is 249 g/mol. The molecule has 0 aliphatic rings. The number of nitrogens with zero attached hydrogens (tertiary/aromatic N) is 1. The van der Waals surface area contributed by atoms with E-state index in [1.807, 2.05) is 6.92 Å². The molecule has 0 saturated heterocycles. The second-order valence-electron chi connectivity index (χ2n) is 3.64. The van der Waals surface area contributed by atoms with Gasteiger partial charge in [-0.2, -0.15) is 0 Å². The van der Waals surface area contributed by atoms with E-state index >= 15 is 0 Å². The summed E-state index contributed by atoms with van der Waals surface area (Å²) in [5.41, 5.74) is 1.35. The maximum absolute atomic E-state index is 13.1. The van der Waals surface area contributed by atoms with Crippen LogP contribution >= 0.6 is 11.6 Å². The molecule has 0 amide bonds. The lowest BCUT2D eigenvalue weighted by Crippen LogP contribution is -2.03. The maximum Gasteiger partial charge on any atom is 0.196 e. The first kappa shape index (κ1) is 11.7. The highest BCUT2D eigenvalue weighted by Crippen LogP contribution is 2.20. The molecule has 0 atom stereocenters. The fourth-order valence-corrected chi connectivity index (χ4v) is 1.63. The largest absolute Gasteiger partial charge is 0.288 e. The minimum absolute atomic E-state index is 0.150. The first-order valence-corrected chi connectivity index (χ1v) is 5.38. The molecule has 2 aromatic rings. The second kappa shape index (κ2) is 4.63. The molecule has 0 aliphatic carbocycles. The Morgan fingerprint density at radius 2 is 2.06 bits per heavy atom. The van der Waals surface area contributed by atoms with Gasteiger partial charge in [0.1, 0.15) is 5.82 Å².